The zero-order chi connectivity index (χ0) is 33.4. The van der Waals surface area contributed by atoms with Gasteiger partial charge in [0.1, 0.15) is 0 Å². The summed E-state index contributed by atoms with van der Waals surface area (Å²) in [4.78, 5) is 77.3. The van der Waals surface area contributed by atoms with Gasteiger partial charge in [-0.3, -0.25) is 29.0 Å². The first-order valence-corrected chi connectivity index (χ1v) is 17.7. The second-order valence-corrected chi connectivity index (χ2v) is 14.7. The highest BCUT2D eigenvalue weighted by molar-refractivity contribution is 8.76. The van der Waals surface area contributed by atoms with Crippen molar-refractivity contribution in [1.82, 2.24) is 9.80 Å². The van der Waals surface area contributed by atoms with Crippen LogP contribution in [-0.4, -0.2) is 94.2 Å². The number of hydrogen-bond acceptors (Lipinski definition) is 16. The average Bonchev–Trinajstić information content (AvgIpc) is 3.48. The number of nitrogens with two attached hydrogens (primary N) is 2. The third-order valence-corrected chi connectivity index (χ3v) is 11.5. The molecule has 0 aromatic heterocycles. The minimum Gasteiger partial charge on any atom is -0.467 e. The Balaban J connectivity index is 1.19. The van der Waals surface area contributed by atoms with E-state index < -0.39 is 45.0 Å². The van der Waals surface area contributed by atoms with Crippen LogP contribution >= 0.6 is 45.1 Å². The van der Waals surface area contributed by atoms with E-state index in [1.807, 2.05) is 48.5 Å². The fourth-order valence-electron chi connectivity index (χ4n) is 4.24. The number of benzene rings is 2. The quantitative estimate of drug-likeness (QED) is 0.0902. The van der Waals surface area contributed by atoms with Crippen molar-refractivity contribution < 1.29 is 38.2 Å². The topological polar surface area (TPSA) is 203 Å². The van der Waals surface area contributed by atoms with E-state index in [0.29, 0.717) is 0 Å². The highest BCUT2D eigenvalue weighted by Gasteiger charge is 2.41. The molecule has 0 aliphatic carbocycles. The van der Waals surface area contributed by atoms with Crippen molar-refractivity contribution in [3.05, 3.63) is 48.5 Å². The zero-order valence-corrected chi connectivity index (χ0v) is 28.0. The number of carbonyl (C=O) groups excluding carboxylic acids is 6. The molecule has 18 heteroatoms. The number of esters is 2. The number of imide groups is 2. The van der Waals surface area contributed by atoms with Gasteiger partial charge in [0.15, 0.2) is 10.7 Å². The standard InChI is InChI=1S/C28H32N6O8S4/c1-41-27(39)23(29)43-19-11-21(35)33(25(19)37)13-31-15-3-7-17(8-4-15)45-46-18-9-5-16(6-10-18)32-14-34-22(36)12-20(26(34)38)44-24(30)28(40)42-2/h3-10,19-20,23-24,31-32H,11-14,29-30H2,1-2H3/t19?,20?,23-,24-/m1/s1. The Kier molecular flexibility index (Phi) is 12.6. The summed E-state index contributed by atoms with van der Waals surface area (Å²) < 4.78 is 9.15. The third kappa shape index (κ3) is 9.10. The Morgan fingerprint density at radius 3 is 1.39 bits per heavy atom. The molecule has 246 valence electrons. The molecule has 6 N–H and O–H groups in total. The molecule has 46 heavy (non-hydrogen) atoms. The predicted molar refractivity (Wildman–Crippen MR) is 177 cm³/mol. The van der Waals surface area contributed by atoms with Crippen LogP contribution in [0.4, 0.5) is 11.4 Å². The highest BCUT2D eigenvalue weighted by Crippen LogP contribution is 2.38. The Morgan fingerprint density at radius 1 is 0.717 bits per heavy atom. The number of methoxy groups -OCH3 is 2. The van der Waals surface area contributed by atoms with Gasteiger partial charge in [-0.25, -0.2) is 9.59 Å². The maximum atomic E-state index is 12.7. The second-order valence-electron chi connectivity index (χ2n) is 9.75. The van der Waals surface area contributed by atoms with Crippen molar-refractivity contribution in [1.29, 1.82) is 0 Å². The number of hydrogen-bond donors (Lipinski definition) is 4. The number of likely N-dealkylation sites (tertiary alicyclic amines) is 2. The maximum Gasteiger partial charge on any atom is 0.333 e. The van der Waals surface area contributed by atoms with Crippen molar-refractivity contribution in [3.8, 4) is 0 Å². The Hall–Kier alpha value is -3.42. The fourth-order valence-corrected chi connectivity index (χ4v) is 8.26. The van der Waals surface area contributed by atoms with Crippen LogP contribution in [0.1, 0.15) is 12.8 Å². The van der Waals surface area contributed by atoms with E-state index in [2.05, 4.69) is 20.1 Å². The molecule has 2 aromatic rings. The van der Waals surface area contributed by atoms with E-state index >= 15 is 0 Å². The van der Waals surface area contributed by atoms with Crippen LogP contribution < -0.4 is 22.1 Å². The lowest BCUT2D eigenvalue weighted by atomic mass is 10.3. The lowest BCUT2D eigenvalue weighted by molar-refractivity contribution is -0.140. The van der Waals surface area contributed by atoms with Crippen molar-refractivity contribution >= 4 is 92.1 Å². The van der Waals surface area contributed by atoms with Gasteiger partial charge in [-0.1, -0.05) is 21.6 Å². The summed E-state index contributed by atoms with van der Waals surface area (Å²) in [5.41, 5.74) is 12.9. The molecule has 0 radical (unpaired) electrons. The Morgan fingerprint density at radius 2 is 1.07 bits per heavy atom. The summed E-state index contributed by atoms with van der Waals surface area (Å²) in [5, 5.41) is 2.59. The van der Waals surface area contributed by atoms with Crippen LogP contribution in [0.2, 0.25) is 0 Å². The molecule has 2 aromatic carbocycles. The first-order valence-electron chi connectivity index (χ1n) is 13.7. The van der Waals surface area contributed by atoms with Crippen LogP contribution in [0.5, 0.6) is 0 Å². The number of amides is 4. The second kappa shape index (κ2) is 16.4. The van der Waals surface area contributed by atoms with Crippen LogP contribution in [0.3, 0.4) is 0 Å². The van der Waals surface area contributed by atoms with Gasteiger partial charge in [-0.2, -0.15) is 0 Å². The molecular formula is C28H32N6O8S4. The summed E-state index contributed by atoms with van der Waals surface area (Å²) >= 11 is 1.81. The van der Waals surface area contributed by atoms with Crippen LogP contribution in [0, 0.1) is 0 Å². The molecule has 2 unspecified atom stereocenters. The first-order chi connectivity index (χ1) is 22.0. The molecule has 4 rings (SSSR count). The number of thioether (sulfide) groups is 2. The molecule has 0 spiro atoms. The Bertz CT molecular complexity index is 1360. The number of nitrogens with zero attached hydrogens (tertiary/aromatic N) is 2. The molecule has 2 fully saturated rings. The van der Waals surface area contributed by atoms with Crippen molar-refractivity contribution in [2.45, 2.75) is 43.9 Å². The summed E-state index contributed by atoms with van der Waals surface area (Å²) in [5.74, 6) is -2.83. The van der Waals surface area contributed by atoms with Gasteiger partial charge < -0.3 is 31.6 Å². The van der Waals surface area contributed by atoms with Crippen LogP contribution in [0.15, 0.2) is 58.3 Å². The minimum atomic E-state index is -1.04. The first kappa shape index (κ1) is 35.4. The minimum absolute atomic E-state index is 0.00695. The van der Waals surface area contributed by atoms with Crippen molar-refractivity contribution in [3.63, 3.8) is 0 Å². The lowest BCUT2D eigenvalue weighted by Crippen LogP contribution is -2.37. The molecule has 14 nitrogen and oxygen atoms in total. The number of nitrogens with one attached hydrogen (secondary N) is 2. The summed E-state index contributed by atoms with van der Waals surface area (Å²) in [6, 6.07) is 15.0. The molecule has 2 saturated heterocycles. The molecule has 4 atom stereocenters. The van der Waals surface area contributed by atoms with E-state index in [1.165, 1.54) is 35.8 Å². The molecule has 0 bridgehead atoms. The number of rotatable bonds is 15. The van der Waals surface area contributed by atoms with Gasteiger partial charge in [0.2, 0.25) is 23.6 Å². The van der Waals surface area contributed by atoms with Gasteiger partial charge in [-0.15, -0.1) is 23.5 Å². The van der Waals surface area contributed by atoms with Crippen LogP contribution in [0.25, 0.3) is 0 Å². The van der Waals surface area contributed by atoms with Crippen LogP contribution in [-0.2, 0) is 38.2 Å². The largest absolute Gasteiger partial charge is 0.467 e. The average molecular weight is 709 g/mol. The van der Waals surface area contributed by atoms with E-state index in [-0.39, 0.29) is 38.0 Å². The van der Waals surface area contributed by atoms with E-state index in [1.54, 1.807) is 0 Å². The summed E-state index contributed by atoms with van der Waals surface area (Å²) in [7, 11) is 5.49. The van der Waals surface area contributed by atoms with Gasteiger partial charge in [-0.05, 0) is 48.5 Å². The number of carbonyl (C=O) groups is 6. The van der Waals surface area contributed by atoms with Gasteiger partial charge in [0.05, 0.1) is 38.1 Å². The predicted octanol–water partition coefficient (Wildman–Crippen LogP) is 1.86. The molecule has 0 saturated carbocycles. The molecule has 2 aliphatic rings. The van der Waals surface area contributed by atoms with E-state index in [0.717, 1.165) is 54.5 Å². The van der Waals surface area contributed by atoms with Gasteiger partial charge in [0.25, 0.3) is 0 Å². The smallest absolute Gasteiger partial charge is 0.333 e. The molecule has 4 amide bonds. The highest BCUT2D eigenvalue weighted by atomic mass is 33.1. The monoisotopic (exact) mass is 708 g/mol. The molecule has 2 aliphatic heterocycles. The SMILES string of the molecule is COC(=O)[C@H](N)SC1CC(=O)N(CNc2ccc(SSc3ccc(NCN4C(=O)CC(S[C@@H](N)C(=O)OC)C4=O)cc3)cc2)C1=O. The molecular weight excluding hydrogens is 677 g/mol. The summed E-state index contributed by atoms with van der Waals surface area (Å²) in [6.07, 6.45) is -0.0704. The number of ether oxygens (including phenoxy) is 2. The number of anilines is 2. The maximum absolute atomic E-state index is 12.7. The zero-order valence-electron chi connectivity index (χ0n) is 24.7. The van der Waals surface area contributed by atoms with Crippen molar-refractivity contribution in [2.75, 3.05) is 38.2 Å². The van der Waals surface area contributed by atoms with E-state index in [9.17, 15) is 28.8 Å². The lowest BCUT2D eigenvalue weighted by Gasteiger charge is -2.17. The fraction of sp³-hybridized carbons (Fsp3) is 0.357. The van der Waals surface area contributed by atoms with Gasteiger partial charge >= 0.3 is 11.9 Å². The van der Waals surface area contributed by atoms with E-state index in [4.69, 9.17) is 11.5 Å². The third-order valence-electron chi connectivity index (χ3n) is 6.72. The normalized spacial score (nSPS) is 19.3. The summed E-state index contributed by atoms with van der Waals surface area (Å²) in [6.45, 7) is -0.0139. The van der Waals surface area contributed by atoms with Gasteiger partial charge in [0, 0.05) is 34.0 Å². The van der Waals surface area contributed by atoms with Crippen molar-refractivity contribution in [2.24, 2.45) is 11.5 Å². The molecule has 2 heterocycles. The Labute approximate surface area is 281 Å².